The van der Waals surface area contributed by atoms with Gasteiger partial charge in [-0.25, -0.2) is 13.1 Å². The first-order valence-electron chi connectivity index (χ1n) is 7.85. The van der Waals surface area contributed by atoms with Crippen molar-refractivity contribution < 1.29 is 8.42 Å². The predicted octanol–water partition coefficient (Wildman–Crippen LogP) is 2.41. The zero-order valence-electron chi connectivity index (χ0n) is 12.3. The smallest absolute Gasteiger partial charge is 0.211 e. The maximum atomic E-state index is 12.0. The Morgan fingerprint density at radius 1 is 1.00 bits per heavy atom. The minimum atomic E-state index is -3.07. The van der Waals surface area contributed by atoms with Gasteiger partial charge in [-0.15, -0.1) is 0 Å². The van der Waals surface area contributed by atoms with E-state index in [2.05, 4.69) is 17.0 Å². The quantitative estimate of drug-likeness (QED) is 0.506. The highest BCUT2D eigenvalue weighted by Crippen LogP contribution is 2.17. The van der Waals surface area contributed by atoms with Gasteiger partial charge in [0.05, 0.1) is 5.75 Å². The van der Waals surface area contributed by atoms with Crippen molar-refractivity contribution >= 4 is 10.0 Å². The molecule has 0 aromatic heterocycles. The average Bonchev–Trinajstić information content (AvgIpc) is 2.61. The first-order chi connectivity index (χ1) is 9.14. The molecule has 0 unspecified atom stereocenters. The zero-order valence-corrected chi connectivity index (χ0v) is 13.1. The van der Waals surface area contributed by atoms with Crippen molar-refractivity contribution in [2.45, 2.75) is 70.8 Å². The molecule has 0 radical (unpaired) electrons. The molecule has 1 aliphatic rings. The summed E-state index contributed by atoms with van der Waals surface area (Å²) in [6.07, 6.45) is 9.66. The molecule has 0 spiro atoms. The van der Waals surface area contributed by atoms with Crippen LogP contribution in [0.25, 0.3) is 0 Å². The van der Waals surface area contributed by atoms with Gasteiger partial charge >= 0.3 is 0 Å². The molecule has 5 heteroatoms. The van der Waals surface area contributed by atoms with E-state index >= 15 is 0 Å². The summed E-state index contributed by atoms with van der Waals surface area (Å²) in [5.74, 6) is 0.275. The van der Waals surface area contributed by atoms with E-state index in [1.165, 1.54) is 12.8 Å². The molecule has 0 bridgehead atoms. The number of hydrogen-bond acceptors (Lipinski definition) is 3. The molecule has 1 saturated carbocycles. The largest absolute Gasteiger partial charge is 0.317 e. The summed E-state index contributed by atoms with van der Waals surface area (Å²) >= 11 is 0. The van der Waals surface area contributed by atoms with Gasteiger partial charge in [-0.05, 0) is 45.2 Å². The van der Waals surface area contributed by atoms with Crippen molar-refractivity contribution in [3.63, 3.8) is 0 Å². The van der Waals surface area contributed by atoms with Gasteiger partial charge in [-0.3, -0.25) is 0 Å². The summed E-state index contributed by atoms with van der Waals surface area (Å²) in [4.78, 5) is 0. The van der Waals surface area contributed by atoms with Crippen molar-refractivity contribution in [1.29, 1.82) is 0 Å². The second kappa shape index (κ2) is 9.72. The number of hydrogen-bond donors (Lipinski definition) is 2. The lowest BCUT2D eigenvalue weighted by Gasteiger charge is -2.16. The first-order valence-corrected chi connectivity index (χ1v) is 9.50. The molecule has 0 aromatic carbocycles. The van der Waals surface area contributed by atoms with Crippen LogP contribution in [0.15, 0.2) is 0 Å². The third-order valence-corrected chi connectivity index (χ3v) is 5.16. The van der Waals surface area contributed by atoms with E-state index in [1.54, 1.807) is 0 Å². The molecule has 0 atom stereocenters. The predicted molar refractivity (Wildman–Crippen MR) is 80.8 cm³/mol. The topological polar surface area (TPSA) is 58.2 Å². The van der Waals surface area contributed by atoms with Crippen LogP contribution in [0.1, 0.15) is 64.7 Å². The molecule has 19 heavy (non-hydrogen) atoms. The maximum absolute atomic E-state index is 12.0. The Morgan fingerprint density at radius 2 is 1.68 bits per heavy atom. The van der Waals surface area contributed by atoms with Crippen molar-refractivity contribution in [3.8, 4) is 0 Å². The van der Waals surface area contributed by atoms with Gasteiger partial charge in [0.2, 0.25) is 10.0 Å². The van der Waals surface area contributed by atoms with E-state index in [4.69, 9.17) is 0 Å². The molecule has 114 valence electrons. The molecule has 0 heterocycles. The van der Waals surface area contributed by atoms with Crippen LogP contribution in [0, 0.1) is 0 Å². The van der Waals surface area contributed by atoms with E-state index in [9.17, 15) is 8.42 Å². The van der Waals surface area contributed by atoms with Crippen LogP contribution in [0.5, 0.6) is 0 Å². The molecule has 2 N–H and O–H groups in total. The second-order valence-electron chi connectivity index (χ2n) is 5.58. The number of rotatable bonds is 9. The highest BCUT2D eigenvalue weighted by atomic mass is 32.2. The Hall–Kier alpha value is -0.130. The Labute approximate surface area is 118 Å². The monoisotopic (exact) mass is 290 g/mol. The summed E-state index contributed by atoms with van der Waals surface area (Å²) in [6.45, 7) is 4.08. The third kappa shape index (κ3) is 8.60. The normalized spacial score (nSPS) is 18.4. The van der Waals surface area contributed by atoms with Gasteiger partial charge in [-0.2, -0.15) is 0 Å². The van der Waals surface area contributed by atoms with Gasteiger partial charge in [0.25, 0.3) is 0 Å². The Bertz CT molecular complexity index is 309. The molecule has 1 rings (SSSR count). The highest BCUT2D eigenvalue weighted by Gasteiger charge is 2.18. The van der Waals surface area contributed by atoms with E-state index in [0.717, 1.165) is 58.0 Å². The van der Waals surface area contributed by atoms with Crippen LogP contribution in [-0.2, 0) is 10.0 Å². The Balaban J connectivity index is 2.15. The van der Waals surface area contributed by atoms with Gasteiger partial charge < -0.3 is 5.32 Å². The standard InChI is InChI=1S/C14H30N2O2S/c1-2-11-15-12-7-8-13-19(17,18)16-14-9-5-3-4-6-10-14/h14-16H,2-13H2,1H3. The summed E-state index contributed by atoms with van der Waals surface area (Å²) in [5, 5.41) is 3.30. The van der Waals surface area contributed by atoms with Gasteiger partial charge in [-0.1, -0.05) is 32.6 Å². The highest BCUT2D eigenvalue weighted by molar-refractivity contribution is 7.89. The van der Waals surface area contributed by atoms with Crippen molar-refractivity contribution in [2.75, 3.05) is 18.8 Å². The first kappa shape index (κ1) is 16.9. The van der Waals surface area contributed by atoms with E-state index in [0.29, 0.717) is 0 Å². The van der Waals surface area contributed by atoms with E-state index in [-0.39, 0.29) is 11.8 Å². The fourth-order valence-corrected chi connectivity index (χ4v) is 4.00. The number of nitrogens with one attached hydrogen (secondary N) is 2. The SMILES string of the molecule is CCCNCCCCS(=O)(=O)NC1CCCCCC1. The Kier molecular flexibility index (Phi) is 8.66. The van der Waals surface area contributed by atoms with Crippen LogP contribution in [0.2, 0.25) is 0 Å². The fraction of sp³-hybridized carbons (Fsp3) is 1.00. The molecule has 1 fully saturated rings. The van der Waals surface area contributed by atoms with Crippen LogP contribution in [0.3, 0.4) is 0 Å². The molecule has 4 nitrogen and oxygen atoms in total. The van der Waals surface area contributed by atoms with Crippen LogP contribution in [0.4, 0.5) is 0 Å². The van der Waals surface area contributed by atoms with Gasteiger partial charge in [0, 0.05) is 6.04 Å². The van der Waals surface area contributed by atoms with Crippen LogP contribution >= 0.6 is 0 Å². The summed E-state index contributed by atoms with van der Waals surface area (Å²) in [5.41, 5.74) is 0. The fourth-order valence-electron chi connectivity index (χ4n) is 2.55. The van der Waals surface area contributed by atoms with Crippen molar-refractivity contribution in [1.82, 2.24) is 10.0 Å². The molecule has 0 aromatic rings. The number of unbranched alkanes of at least 4 members (excludes halogenated alkanes) is 1. The van der Waals surface area contributed by atoms with Crippen LogP contribution in [-0.4, -0.2) is 33.3 Å². The summed E-state index contributed by atoms with van der Waals surface area (Å²) < 4.78 is 26.8. The van der Waals surface area contributed by atoms with E-state index < -0.39 is 10.0 Å². The lowest BCUT2D eigenvalue weighted by molar-refractivity contribution is 0.507. The van der Waals surface area contributed by atoms with Gasteiger partial charge in [0.1, 0.15) is 0 Å². The lowest BCUT2D eigenvalue weighted by Crippen LogP contribution is -2.36. The van der Waals surface area contributed by atoms with E-state index in [1.807, 2.05) is 0 Å². The number of sulfonamides is 1. The molecule has 1 aliphatic carbocycles. The minimum absolute atomic E-state index is 0.186. The lowest BCUT2D eigenvalue weighted by atomic mass is 10.1. The molecular formula is C14H30N2O2S. The minimum Gasteiger partial charge on any atom is -0.317 e. The zero-order chi connectivity index (χ0) is 14.0. The summed E-state index contributed by atoms with van der Waals surface area (Å²) in [6, 6.07) is 0.186. The van der Waals surface area contributed by atoms with Crippen molar-refractivity contribution in [2.24, 2.45) is 0 Å². The van der Waals surface area contributed by atoms with Crippen molar-refractivity contribution in [3.05, 3.63) is 0 Å². The molecule has 0 amide bonds. The molecular weight excluding hydrogens is 260 g/mol. The van der Waals surface area contributed by atoms with Gasteiger partial charge in [0.15, 0.2) is 0 Å². The molecule has 0 saturated heterocycles. The summed E-state index contributed by atoms with van der Waals surface area (Å²) in [7, 11) is -3.07. The maximum Gasteiger partial charge on any atom is 0.211 e. The second-order valence-corrected chi connectivity index (χ2v) is 7.46. The van der Waals surface area contributed by atoms with Crippen LogP contribution < -0.4 is 10.0 Å². The Morgan fingerprint density at radius 3 is 2.32 bits per heavy atom. The molecule has 0 aliphatic heterocycles. The third-order valence-electron chi connectivity index (χ3n) is 3.64. The average molecular weight is 290 g/mol.